The van der Waals surface area contributed by atoms with E-state index in [2.05, 4.69) is 83.9 Å². The number of anilines is 1. The molecule has 0 bridgehead atoms. The highest BCUT2D eigenvalue weighted by atomic mass is 16.5. The molecule has 3 N–H and O–H groups in total. The van der Waals surface area contributed by atoms with Gasteiger partial charge < -0.3 is 29.4 Å². The summed E-state index contributed by atoms with van der Waals surface area (Å²) in [6.45, 7) is 14.4. The number of aromatic amines is 1. The van der Waals surface area contributed by atoms with E-state index in [1.54, 1.807) is 18.0 Å². The van der Waals surface area contributed by atoms with Crippen LogP contribution in [0.25, 0.3) is 39.5 Å². The third kappa shape index (κ3) is 9.42. The van der Waals surface area contributed by atoms with Crippen LogP contribution < -0.4 is 31.4 Å². The van der Waals surface area contributed by atoms with E-state index >= 15 is 0 Å². The third-order valence-corrected chi connectivity index (χ3v) is 11.2. The van der Waals surface area contributed by atoms with E-state index in [0.717, 1.165) is 70.6 Å². The van der Waals surface area contributed by atoms with Crippen molar-refractivity contribution >= 4 is 34.5 Å². The number of carbonyl (C=O) groups excluding carboxylic acids is 2. The molecule has 2 amide bonds. The summed E-state index contributed by atoms with van der Waals surface area (Å²) in [5.74, 6) is 0.387. The van der Waals surface area contributed by atoms with Crippen LogP contribution in [0, 0.1) is 0 Å². The van der Waals surface area contributed by atoms with Gasteiger partial charge in [-0.1, -0.05) is 37.3 Å². The fraction of sp³-hybridized carbons (Fsp3) is 0.413. The summed E-state index contributed by atoms with van der Waals surface area (Å²) in [5.41, 5.74) is 4.05. The van der Waals surface area contributed by atoms with Crippen LogP contribution in [-0.4, -0.2) is 89.9 Å². The van der Waals surface area contributed by atoms with Gasteiger partial charge in [0.15, 0.2) is 0 Å². The van der Waals surface area contributed by atoms with Crippen molar-refractivity contribution in [2.75, 3.05) is 51.2 Å². The number of rotatable bonds is 16. The molecular formula is C46H57N6O7+. The summed E-state index contributed by atoms with van der Waals surface area (Å²) in [6, 6.07) is 20.3. The molecule has 0 spiro atoms. The fourth-order valence-electron chi connectivity index (χ4n) is 7.93. The number of nitrogens with zero attached hydrogens (tertiary/aromatic N) is 4. The maximum Gasteiger partial charge on any atom is 0.330 e. The van der Waals surface area contributed by atoms with Crippen LogP contribution in [0.15, 0.2) is 86.9 Å². The van der Waals surface area contributed by atoms with E-state index in [1.807, 2.05) is 31.2 Å². The zero-order chi connectivity index (χ0) is 42.2. The van der Waals surface area contributed by atoms with E-state index < -0.39 is 23.6 Å². The van der Waals surface area contributed by atoms with Gasteiger partial charge in [0.1, 0.15) is 30.7 Å². The van der Waals surface area contributed by atoms with E-state index in [1.165, 1.54) is 16.8 Å². The summed E-state index contributed by atoms with van der Waals surface area (Å²) in [6.07, 6.45) is 4.27. The number of benzene rings is 3. The van der Waals surface area contributed by atoms with Crippen molar-refractivity contribution < 1.29 is 23.8 Å². The van der Waals surface area contributed by atoms with Crippen LogP contribution >= 0.6 is 0 Å². The number of hydrogen-bond acceptors (Lipinski definition) is 8. The molecule has 6 rings (SSSR count). The van der Waals surface area contributed by atoms with Gasteiger partial charge in [0.25, 0.3) is 11.5 Å². The first-order valence-electron chi connectivity index (χ1n) is 20.8. The van der Waals surface area contributed by atoms with Crippen LogP contribution in [0.3, 0.4) is 0 Å². The molecule has 3 unspecified atom stereocenters. The second kappa shape index (κ2) is 19.3. The van der Waals surface area contributed by atoms with Gasteiger partial charge in [0.05, 0.1) is 23.8 Å². The second-order valence-corrected chi connectivity index (χ2v) is 14.9. The number of nitrogens with one attached hydrogen (secondary N) is 2. The van der Waals surface area contributed by atoms with Crippen molar-refractivity contribution in [2.45, 2.75) is 78.7 Å². The van der Waals surface area contributed by atoms with E-state index in [-0.39, 0.29) is 42.9 Å². The second-order valence-electron chi connectivity index (χ2n) is 14.9. The van der Waals surface area contributed by atoms with Crippen molar-refractivity contribution in [3.8, 4) is 22.5 Å². The number of fused-ring (bicyclic) bond motifs is 2. The molecule has 312 valence electrons. The van der Waals surface area contributed by atoms with Crippen molar-refractivity contribution in [3.63, 3.8) is 0 Å². The molecular weight excluding hydrogens is 749 g/mol. The largest absolute Gasteiger partial charge is 0.456 e. The van der Waals surface area contributed by atoms with Gasteiger partial charge in [-0.3, -0.25) is 23.9 Å². The van der Waals surface area contributed by atoms with Crippen molar-refractivity contribution in [1.82, 2.24) is 24.3 Å². The first kappa shape index (κ1) is 42.8. The van der Waals surface area contributed by atoms with Crippen molar-refractivity contribution in [1.29, 1.82) is 0 Å². The quantitative estimate of drug-likeness (QED) is 0.0880. The van der Waals surface area contributed by atoms with E-state index in [9.17, 15) is 24.3 Å². The average molecular weight is 806 g/mol. The minimum absolute atomic E-state index is 0.153. The predicted molar refractivity (Wildman–Crippen MR) is 233 cm³/mol. The highest BCUT2D eigenvalue weighted by Gasteiger charge is 2.34. The summed E-state index contributed by atoms with van der Waals surface area (Å²) < 4.78 is 16.0. The lowest BCUT2D eigenvalue weighted by Gasteiger charge is -2.23. The molecule has 3 atom stereocenters. The number of hydrogen-bond donors (Lipinski definition) is 3. The molecule has 1 fully saturated rings. The molecule has 3 heterocycles. The standard InChI is InChI=1S/C46H56N6O7/c1-7-38-37(53)28-42(59-38)52-29-30(44(55)48-46(52)57)16-14-24-47-41(54)19-15-25-49(6)45(56)34-18-13-12-17-33(34)43-35-22-20-31(50(8-2)9-3)26-39(35)58-40-27-32(21-23-36(40)43)51(10-4)11-5/h12-14,16-18,20-23,26-27,29,37-38,42,53H,7-11,15,19,24-25,28H2,1-6H3,(H-,47,48,54,55,57)/p+1/b16-14+. The predicted octanol–water partition coefficient (Wildman–Crippen LogP) is 5.45. The Balaban J connectivity index is 1.16. The van der Waals surface area contributed by atoms with Crippen LogP contribution in [0.5, 0.6) is 0 Å². The smallest absolute Gasteiger partial charge is 0.330 e. The minimum atomic E-state index is -0.697. The fourth-order valence-corrected chi connectivity index (χ4v) is 7.93. The van der Waals surface area contributed by atoms with Gasteiger partial charge >= 0.3 is 5.69 Å². The minimum Gasteiger partial charge on any atom is -0.456 e. The number of aliphatic hydroxyl groups is 1. The molecule has 1 aliphatic carbocycles. The monoisotopic (exact) mass is 805 g/mol. The van der Waals surface area contributed by atoms with Gasteiger partial charge in [-0.05, 0) is 70.4 Å². The number of carbonyl (C=O) groups is 2. The zero-order valence-corrected chi connectivity index (χ0v) is 35.0. The Morgan fingerprint density at radius 1 is 1.00 bits per heavy atom. The van der Waals surface area contributed by atoms with E-state index in [0.29, 0.717) is 24.9 Å². The SMILES string of the molecule is CCC1OC(n2cc(/C=C/CNC(=O)CCCN(C)C(=O)c3ccccc3-c3c4ccc(=[N+](CC)CC)cc-4oc4cc(N(CC)CC)ccc34)c(=O)[nH]c2=O)CC1O. The number of H-pyrrole nitrogens is 1. The molecule has 3 aromatic rings. The van der Waals surface area contributed by atoms with Crippen molar-refractivity contribution in [3.05, 3.63) is 110 Å². The molecule has 3 aliphatic rings. The Bertz CT molecular complexity index is 2470. The lowest BCUT2D eigenvalue weighted by Crippen LogP contribution is -2.33. The lowest BCUT2D eigenvalue weighted by atomic mass is 9.90. The highest BCUT2D eigenvalue weighted by molar-refractivity contribution is 6.09. The molecule has 59 heavy (non-hydrogen) atoms. The molecule has 1 saturated heterocycles. The topological polar surface area (TPSA) is 153 Å². The van der Waals surface area contributed by atoms with Crippen LogP contribution in [0.1, 0.15) is 82.5 Å². The molecule has 13 nitrogen and oxygen atoms in total. The first-order chi connectivity index (χ1) is 28.5. The first-order valence-corrected chi connectivity index (χ1v) is 20.8. The number of aromatic nitrogens is 2. The Morgan fingerprint density at radius 3 is 2.47 bits per heavy atom. The molecule has 1 aromatic heterocycles. The molecule has 2 aliphatic heterocycles. The number of aliphatic hydroxyl groups excluding tert-OH is 1. The van der Waals surface area contributed by atoms with Gasteiger partial charge in [0, 0.05) is 92.2 Å². The Labute approximate surface area is 344 Å². The average Bonchev–Trinajstić information content (AvgIpc) is 3.62. The summed E-state index contributed by atoms with van der Waals surface area (Å²) >= 11 is 0. The van der Waals surface area contributed by atoms with Crippen molar-refractivity contribution in [2.24, 2.45) is 0 Å². The summed E-state index contributed by atoms with van der Waals surface area (Å²) in [4.78, 5) is 58.2. The molecule has 13 heteroatoms. The van der Waals surface area contributed by atoms with Crippen LogP contribution in [0.4, 0.5) is 5.69 Å². The van der Waals surface area contributed by atoms with Gasteiger partial charge in [-0.25, -0.2) is 9.37 Å². The third-order valence-electron chi connectivity index (χ3n) is 11.2. The Hall–Kier alpha value is -5.79. The number of amides is 2. The molecule has 2 aromatic carbocycles. The summed E-state index contributed by atoms with van der Waals surface area (Å²) in [7, 11) is 1.75. The highest BCUT2D eigenvalue weighted by Crippen LogP contribution is 2.42. The zero-order valence-electron chi connectivity index (χ0n) is 35.0. The van der Waals surface area contributed by atoms with E-state index in [4.69, 9.17) is 9.15 Å². The summed E-state index contributed by atoms with van der Waals surface area (Å²) in [5, 5.41) is 15.0. The normalized spacial score (nSPS) is 16.6. The maximum absolute atomic E-state index is 14.2. The van der Waals surface area contributed by atoms with Gasteiger partial charge in [-0.15, -0.1) is 0 Å². The maximum atomic E-state index is 14.2. The Kier molecular flexibility index (Phi) is 14.0. The lowest BCUT2D eigenvalue weighted by molar-refractivity contribution is -0.121. The van der Waals surface area contributed by atoms with Gasteiger partial charge in [0.2, 0.25) is 11.3 Å². The molecule has 0 radical (unpaired) electrons. The Morgan fingerprint density at radius 2 is 1.76 bits per heavy atom. The number of ether oxygens (including phenoxy) is 1. The van der Waals surface area contributed by atoms with Crippen LogP contribution in [0.2, 0.25) is 0 Å². The molecule has 0 saturated carbocycles. The van der Waals surface area contributed by atoms with Crippen LogP contribution in [-0.2, 0) is 9.53 Å². The van der Waals surface area contributed by atoms with Gasteiger partial charge in [-0.2, -0.15) is 0 Å².